The topological polar surface area (TPSA) is 86.1 Å². The fourth-order valence-corrected chi connectivity index (χ4v) is 2.84. The van der Waals surface area contributed by atoms with Crippen molar-refractivity contribution < 1.29 is 27.0 Å². The molecule has 2 aromatic heterocycles. The molecule has 30 heavy (non-hydrogen) atoms. The summed E-state index contributed by atoms with van der Waals surface area (Å²) in [6.07, 6.45) is -2.56. The minimum Gasteiger partial charge on any atom is -0.491 e. The van der Waals surface area contributed by atoms with Crippen LogP contribution in [0.2, 0.25) is 0 Å². The third-order valence-electron chi connectivity index (χ3n) is 4.27. The molecule has 0 saturated carbocycles. The molecular formula is C20H22F4N4O2. The number of ether oxygens (including phenoxy) is 2. The molecule has 162 valence electrons. The van der Waals surface area contributed by atoms with Gasteiger partial charge in [0.05, 0.1) is 18.1 Å². The second kappa shape index (κ2) is 8.47. The van der Waals surface area contributed by atoms with Crippen molar-refractivity contribution in [2.45, 2.75) is 38.2 Å². The van der Waals surface area contributed by atoms with E-state index < -0.39 is 17.5 Å². The summed E-state index contributed by atoms with van der Waals surface area (Å²) in [6.45, 7) is 3.66. The molecule has 0 aliphatic carbocycles. The minimum absolute atomic E-state index is 0.0294. The van der Waals surface area contributed by atoms with Crippen molar-refractivity contribution in [2.75, 3.05) is 18.9 Å². The Labute approximate surface area is 170 Å². The number of nitrogens with one attached hydrogen (secondary N) is 1. The Morgan fingerprint density at radius 2 is 1.93 bits per heavy atom. The lowest BCUT2D eigenvalue weighted by atomic mass is 10.0. The Bertz CT molecular complexity index is 998. The zero-order chi connectivity index (χ0) is 21.9. The number of anilines is 1. The molecular weight excluding hydrogens is 404 g/mol. The highest BCUT2D eigenvalue weighted by Crippen LogP contribution is 2.31. The molecule has 1 aliphatic heterocycles. The van der Waals surface area contributed by atoms with Crippen LogP contribution in [0.3, 0.4) is 0 Å². The van der Waals surface area contributed by atoms with Crippen LogP contribution in [-0.2, 0) is 17.3 Å². The molecule has 0 spiro atoms. The van der Waals surface area contributed by atoms with Crippen LogP contribution < -0.4 is 10.5 Å². The van der Waals surface area contributed by atoms with Gasteiger partial charge in [0, 0.05) is 6.42 Å². The summed E-state index contributed by atoms with van der Waals surface area (Å²) >= 11 is 0. The molecule has 0 fully saturated rings. The van der Waals surface area contributed by atoms with Crippen molar-refractivity contribution in [1.82, 2.24) is 15.0 Å². The summed E-state index contributed by atoms with van der Waals surface area (Å²) in [5, 5.41) is 0.180. The Hall–Kier alpha value is -2.88. The van der Waals surface area contributed by atoms with Crippen molar-refractivity contribution in [3.05, 3.63) is 47.9 Å². The number of fused-ring (bicyclic) bond motifs is 2. The number of benzene rings is 1. The van der Waals surface area contributed by atoms with Crippen molar-refractivity contribution >= 4 is 16.9 Å². The second-order valence-electron chi connectivity index (χ2n) is 7.48. The van der Waals surface area contributed by atoms with Gasteiger partial charge in [-0.2, -0.15) is 13.2 Å². The molecule has 4 rings (SSSR count). The Morgan fingerprint density at radius 1 is 1.20 bits per heavy atom. The number of nitrogen functional groups attached to an aromatic ring is 1. The van der Waals surface area contributed by atoms with Crippen LogP contribution in [-0.4, -0.2) is 39.9 Å². The first-order valence-electron chi connectivity index (χ1n) is 9.20. The number of nitrogens with zero attached hydrogens (tertiary/aromatic N) is 2. The lowest BCUT2D eigenvalue weighted by Gasteiger charge is -2.27. The first-order valence-corrected chi connectivity index (χ1v) is 9.20. The number of hydrogen-bond acceptors (Lipinski definition) is 5. The third-order valence-corrected chi connectivity index (χ3v) is 4.27. The van der Waals surface area contributed by atoms with E-state index in [1.54, 1.807) is 0 Å². The molecule has 0 saturated heterocycles. The molecule has 6 nitrogen and oxygen atoms in total. The van der Waals surface area contributed by atoms with E-state index in [4.69, 9.17) is 15.2 Å². The van der Waals surface area contributed by atoms with Crippen molar-refractivity contribution in [2.24, 2.45) is 0 Å². The molecule has 1 aromatic carbocycles. The maximum atomic E-state index is 13.3. The number of halogens is 4. The summed E-state index contributed by atoms with van der Waals surface area (Å²) in [7, 11) is 0. The van der Waals surface area contributed by atoms with E-state index in [0.29, 0.717) is 6.61 Å². The molecule has 10 heteroatoms. The molecule has 0 amide bonds. The largest absolute Gasteiger partial charge is 0.491 e. The fraction of sp³-hybridized carbons (Fsp3) is 0.400. The molecule has 3 heterocycles. The second-order valence-corrected chi connectivity index (χ2v) is 7.48. The van der Waals surface area contributed by atoms with Gasteiger partial charge in [-0.15, -0.1) is 0 Å². The average molecular weight is 426 g/mol. The van der Waals surface area contributed by atoms with Crippen molar-refractivity contribution in [3.63, 3.8) is 0 Å². The maximum absolute atomic E-state index is 13.3. The lowest BCUT2D eigenvalue weighted by molar-refractivity contribution is -0.140. The van der Waals surface area contributed by atoms with Crippen LogP contribution in [0.1, 0.15) is 25.1 Å². The summed E-state index contributed by atoms with van der Waals surface area (Å²) in [6, 6.07) is 8.79. The van der Waals surface area contributed by atoms with Gasteiger partial charge in [0.25, 0.3) is 0 Å². The Morgan fingerprint density at radius 3 is 2.60 bits per heavy atom. The fourth-order valence-electron chi connectivity index (χ4n) is 2.84. The lowest BCUT2D eigenvalue weighted by Crippen LogP contribution is -2.33. The van der Waals surface area contributed by atoms with E-state index in [-0.39, 0.29) is 29.6 Å². The van der Waals surface area contributed by atoms with Crippen LogP contribution in [0.15, 0.2) is 36.7 Å². The first kappa shape index (κ1) is 21.8. The number of H-pyrrole nitrogens is 1. The van der Waals surface area contributed by atoms with Gasteiger partial charge < -0.3 is 20.2 Å². The van der Waals surface area contributed by atoms with Gasteiger partial charge in [0.15, 0.2) is 0 Å². The third kappa shape index (κ3) is 5.59. The van der Waals surface area contributed by atoms with Gasteiger partial charge in [-0.1, -0.05) is 18.2 Å². The van der Waals surface area contributed by atoms with Gasteiger partial charge in [0.2, 0.25) is 0 Å². The van der Waals surface area contributed by atoms with Gasteiger partial charge in [-0.25, -0.2) is 14.4 Å². The van der Waals surface area contributed by atoms with E-state index in [1.807, 2.05) is 24.3 Å². The summed E-state index contributed by atoms with van der Waals surface area (Å²) < 4.78 is 61.0. The summed E-state index contributed by atoms with van der Waals surface area (Å²) in [5.41, 5.74) is 4.44. The quantitative estimate of drug-likeness (QED) is 0.610. The van der Waals surface area contributed by atoms with Crippen LogP contribution >= 0.6 is 0 Å². The van der Waals surface area contributed by atoms with Gasteiger partial charge in [-0.3, -0.25) is 0 Å². The molecule has 1 aliphatic rings. The zero-order valence-corrected chi connectivity index (χ0v) is 16.5. The van der Waals surface area contributed by atoms with E-state index >= 15 is 0 Å². The predicted molar refractivity (Wildman–Crippen MR) is 104 cm³/mol. The number of rotatable bonds is 3. The van der Waals surface area contributed by atoms with E-state index in [1.165, 1.54) is 13.8 Å². The predicted octanol–water partition coefficient (Wildman–Crippen LogP) is 4.31. The molecule has 1 unspecified atom stereocenters. The van der Waals surface area contributed by atoms with Gasteiger partial charge in [-0.05, 0) is 31.5 Å². The summed E-state index contributed by atoms with van der Waals surface area (Å²) in [5.74, 6) is 0.948. The molecule has 3 aromatic rings. The monoisotopic (exact) mass is 426 g/mol. The van der Waals surface area contributed by atoms with E-state index in [9.17, 15) is 17.6 Å². The van der Waals surface area contributed by atoms with Crippen LogP contribution in [0.5, 0.6) is 5.75 Å². The molecule has 3 N–H and O–H groups in total. The number of hydrogen-bond donors (Lipinski definition) is 2. The standard InChI is InChI=1S/C13H17FO2.C7H5F3N4/c1-13(2,14)9-16-11-7-10-5-3-4-6-12(10)15-8-11;8-7(9,10)4-1-3-5(11)12-2-13-6(3)14-4/h3-6,11H,7-9H2,1-2H3;1-2H,(H3,11,12,13,14). The highest BCUT2D eigenvalue weighted by molar-refractivity contribution is 5.86. The first-order chi connectivity index (χ1) is 14.0. The number of aromatic nitrogens is 3. The van der Waals surface area contributed by atoms with Crippen molar-refractivity contribution in [3.8, 4) is 5.75 Å². The maximum Gasteiger partial charge on any atom is 0.431 e. The zero-order valence-electron chi connectivity index (χ0n) is 16.5. The Balaban J connectivity index is 0.000000172. The van der Waals surface area contributed by atoms with Crippen LogP contribution in [0.4, 0.5) is 23.4 Å². The Kier molecular flexibility index (Phi) is 6.16. The minimum atomic E-state index is -4.42. The molecule has 1 atom stereocenters. The van der Waals surface area contributed by atoms with Crippen LogP contribution in [0.25, 0.3) is 11.0 Å². The number of para-hydroxylation sites is 1. The summed E-state index contributed by atoms with van der Waals surface area (Å²) in [4.78, 5) is 9.33. The highest BCUT2D eigenvalue weighted by atomic mass is 19.4. The van der Waals surface area contributed by atoms with Gasteiger partial charge in [0.1, 0.15) is 41.5 Å². The van der Waals surface area contributed by atoms with Crippen molar-refractivity contribution in [1.29, 1.82) is 0 Å². The van der Waals surface area contributed by atoms with Crippen LogP contribution in [0, 0.1) is 0 Å². The smallest absolute Gasteiger partial charge is 0.431 e. The number of alkyl halides is 4. The average Bonchev–Trinajstić information content (AvgIpc) is 3.13. The SMILES string of the molecule is CC(C)(F)COC1COc2ccccc2C1.Nc1ncnc2[nH]c(C(F)(F)F)cc12. The molecule has 0 radical (unpaired) electrons. The van der Waals surface area contributed by atoms with E-state index in [0.717, 1.165) is 30.1 Å². The van der Waals surface area contributed by atoms with Gasteiger partial charge >= 0.3 is 6.18 Å². The van der Waals surface area contributed by atoms with E-state index in [2.05, 4.69) is 15.0 Å². The number of nitrogens with two attached hydrogens (primary N) is 1. The normalized spacial score (nSPS) is 16.4. The molecule has 0 bridgehead atoms. The number of aromatic amines is 1. The highest BCUT2D eigenvalue weighted by Gasteiger charge is 2.33.